The Kier molecular flexibility index (Phi) is 3.77. The molecule has 0 saturated carbocycles. The van der Waals surface area contributed by atoms with E-state index in [-0.39, 0.29) is 22.1 Å². The summed E-state index contributed by atoms with van der Waals surface area (Å²) in [6.07, 6.45) is 1.29. The molecule has 0 radical (unpaired) electrons. The number of hydrogen-bond donors (Lipinski definition) is 1. The van der Waals surface area contributed by atoms with Crippen LogP contribution in [0.25, 0.3) is 6.08 Å². The lowest BCUT2D eigenvalue weighted by Crippen LogP contribution is -1.86. The Balaban J connectivity index is 3.30. The molecule has 5 heteroatoms. The molecule has 0 bridgehead atoms. The highest BCUT2D eigenvalue weighted by Gasteiger charge is 2.10. The van der Waals surface area contributed by atoms with Crippen molar-refractivity contribution < 1.29 is 9.84 Å². The van der Waals surface area contributed by atoms with Gasteiger partial charge in [0.05, 0.1) is 12.1 Å². The zero-order valence-electron chi connectivity index (χ0n) is 8.36. The maximum atomic E-state index is 9.58. The van der Waals surface area contributed by atoms with Gasteiger partial charge in [-0.05, 0) is 23.8 Å². The normalized spacial score (nSPS) is 8.75. The van der Waals surface area contributed by atoms with Crippen molar-refractivity contribution in [3.8, 4) is 23.6 Å². The molecule has 0 spiro atoms. The van der Waals surface area contributed by atoms with Crippen molar-refractivity contribution in [1.82, 2.24) is 0 Å². The Bertz CT molecular complexity index is 508. The van der Waals surface area contributed by atoms with E-state index in [9.17, 15) is 5.11 Å². The van der Waals surface area contributed by atoms with E-state index in [0.29, 0.717) is 5.56 Å². The van der Waals surface area contributed by atoms with Crippen LogP contribution in [0.1, 0.15) is 5.56 Å². The van der Waals surface area contributed by atoms with Crippen molar-refractivity contribution in [2.75, 3.05) is 7.11 Å². The first-order valence-electron chi connectivity index (χ1n) is 4.21. The van der Waals surface area contributed by atoms with Gasteiger partial charge < -0.3 is 9.84 Å². The Morgan fingerprint density at radius 2 is 2.06 bits per heavy atom. The number of benzene rings is 1. The molecule has 0 aromatic heterocycles. The van der Waals surface area contributed by atoms with E-state index < -0.39 is 0 Å². The minimum atomic E-state index is -0.215. The molecule has 0 saturated heterocycles. The second-order valence-electron chi connectivity index (χ2n) is 2.80. The predicted octanol–water partition coefficient (Wildman–Crippen LogP) is 2.48. The monoisotopic (exact) mass is 234 g/mol. The van der Waals surface area contributed by atoms with Gasteiger partial charge in [0.1, 0.15) is 17.7 Å². The van der Waals surface area contributed by atoms with Crippen molar-refractivity contribution >= 4 is 17.7 Å². The maximum absolute atomic E-state index is 9.58. The summed E-state index contributed by atoms with van der Waals surface area (Å²) in [6, 6.07) is 6.46. The Morgan fingerprint density at radius 3 is 2.56 bits per heavy atom. The third-order valence-corrected chi connectivity index (χ3v) is 2.27. The van der Waals surface area contributed by atoms with E-state index in [1.54, 1.807) is 18.2 Å². The summed E-state index contributed by atoms with van der Waals surface area (Å²) in [7, 11) is 1.40. The molecule has 0 aliphatic rings. The number of halogens is 1. The van der Waals surface area contributed by atoms with E-state index in [4.69, 9.17) is 26.9 Å². The largest absolute Gasteiger partial charge is 0.503 e. The van der Waals surface area contributed by atoms with Crippen molar-refractivity contribution in [2.45, 2.75) is 0 Å². The number of allylic oxidation sites excluding steroid dienone is 1. The van der Waals surface area contributed by atoms with Crippen molar-refractivity contribution in [3.05, 3.63) is 28.3 Å². The molecule has 0 fully saturated rings. The highest BCUT2D eigenvalue weighted by Crippen LogP contribution is 2.36. The molecule has 1 rings (SSSR count). The molecule has 0 heterocycles. The lowest BCUT2D eigenvalue weighted by Gasteiger charge is -2.06. The fraction of sp³-hybridized carbons (Fsp3) is 0.0909. The SMILES string of the molecule is COc1ccc(C=C(C#N)C#N)c(Cl)c1O. The van der Waals surface area contributed by atoms with Gasteiger partial charge in [0, 0.05) is 0 Å². The summed E-state index contributed by atoms with van der Waals surface area (Å²) in [5.41, 5.74) is 0.296. The standard InChI is InChI=1S/C11H7ClN2O2/c1-16-9-3-2-8(10(12)11(9)15)4-7(5-13)6-14/h2-4,15H,1H3. The number of methoxy groups -OCH3 is 1. The van der Waals surface area contributed by atoms with Gasteiger partial charge in [-0.15, -0.1) is 0 Å². The number of rotatable bonds is 2. The highest BCUT2D eigenvalue weighted by molar-refractivity contribution is 6.33. The molecule has 1 N–H and O–H groups in total. The van der Waals surface area contributed by atoms with Crippen LogP contribution < -0.4 is 4.74 Å². The number of nitrogens with zero attached hydrogens (tertiary/aromatic N) is 2. The van der Waals surface area contributed by atoms with Crippen LogP contribution in [0.2, 0.25) is 5.02 Å². The summed E-state index contributed by atoms with van der Waals surface area (Å²) in [6.45, 7) is 0. The molecule has 0 aliphatic carbocycles. The van der Waals surface area contributed by atoms with Gasteiger partial charge in [-0.3, -0.25) is 0 Å². The van der Waals surface area contributed by atoms with Crippen LogP contribution in [0.5, 0.6) is 11.5 Å². The summed E-state index contributed by atoms with van der Waals surface area (Å²) in [4.78, 5) is 0. The van der Waals surface area contributed by atoms with Gasteiger partial charge in [-0.1, -0.05) is 11.6 Å². The third-order valence-electron chi connectivity index (χ3n) is 1.87. The van der Waals surface area contributed by atoms with Crippen LogP contribution in [0.4, 0.5) is 0 Å². The Morgan fingerprint density at radius 1 is 1.44 bits per heavy atom. The molecule has 1 aromatic carbocycles. The number of phenolic OH excluding ortho intramolecular Hbond substituents is 1. The maximum Gasteiger partial charge on any atom is 0.177 e. The van der Waals surface area contributed by atoms with E-state index in [2.05, 4.69) is 0 Å². The molecule has 4 nitrogen and oxygen atoms in total. The fourth-order valence-corrected chi connectivity index (χ4v) is 1.29. The molecule has 0 atom stereocenters. The number of aromatic hydroxyl groups is 1. The van der Waals surface area contributed by atoms with Crippen molar-refractivity contribution in [2.24, 2.45) is 0 Å². The lowest BCUT2D eigenvalue weighted by molar-refractivity contribution is 0.373. The number of nitriles is 2. The summed E-state index contributed by atoms with van der Waals surface area (Å²) >= 11 is 5.84. The second-order valence-corrected chi connectivity index (χ2v) is 3.18. The van der Waals surface area contributed by atoms with E-state index in [1.807, 2.05) is 0 Å². The molecule has 16 heavy (non-hydrogen) atoms. The molecular weight excluding hydrogens is 228 g/mol. The molecule has 0 aliphatic heterocycles. The number of hydrogen-bond acceptors (Lipinski definition) is 4. The van der Waals surface area contributed by atoms with Crippen LogP contribution in [0, 0.1) is 22.7 Å². The molecule has 0 amide bonds. The minimum Gasteiger partial charge on any atom is -0.503 e. The lowest BCUT2D eigenvalue weighted by atomic mass is 10.1. The van der Waals surface area contributed by atoms with Gasteiger partial charge >= 0.3 is 0 Å². The zero-order chi connectivity index (χ0) is 12.1. The first kappa shape index (κ1) is 11.9. The van der Waals surface area contributed by atoms with Crippen LogP contribution in [0.3, 0.4) is 0 Å². The summed E-state index contributed by atoms with van der Waals surface area (Å²) in [5.74, 6) is 0.0192. The topological polar surface area (TPSA) is 77.0 Å². The van der Waals surface area contributed by atoms with E-state index in [0.717, 1.165) is 0 Å². The third kappa shape index (κ3) is 2.25. The fourth-order valence-electron chi connectivity index (χ4n) is 1.08. The Hall–Kier alpha value is -2.17. The molecular formula is C11H7ClN2O2. The number of phenols is 1. The minimum absolute atomic E-state index is 0.0438. The summed E-state index contributed by atoms with van der Waals surface area (Å²) < 4.78 is 4.85. The highest BCUT2D eigenvalue weighted by atomic mass is 35.5. The van der Waals surface area contributed by atoms with E-state index in [1.165, 1.54) is 19.3 Å². The van der Waals surface area contributed by atoms with Crippen LogP contribution in [-0.4, -0.2) is 12.2 Å². The molecule has 80 valence electrons. The number of ether oxygens (including phenoxy) is 1. The van der Waals surface area contributed by atoms with Crippen LogP contribution >= 0.6 is 11.6 Å². The first-order valence-corrected chi connectivity index (χ1v) is 4.59. The van der Waals surface area contributed by atoms with Crippen LogP contribution in [0.15, 0.2) is 17.7 Å². The molecule has 0 unspecified atom stereocenters. The van der Waals surface area contributed by atoms with E-state index >= 15 is 0 Å². The van der Waals surface area contributed by atoms with Gasteiger partial charge in [0.15, 0.2) is 11.5 Å². The van der Waals surface area contributed by atoms with Gasteiger partial charge in [-0.2, -0.15) is 10.5 Å². The van der Waals surface area contributed by atoms with Crippen LogP contribution in [-0.2, 0) is 0 Å². The summed E-state index contributed by atoms with van der Waals surface area (Å²) in [5, 5.41) is 26.8. The zero-order valence-corrected chi connectivity index (χ0v) is 9.12. The predicted molar refractivity (Wildman–Crippen MR) is 58.9 cm³/mol. The Labute approximate surface area is 97.6 Å². The molecule has 1 aromatic rings. The smallest absolute Gasteiger partial charge is 0.177 e. The van der Waals surface area contributed by atoms with Gasteiger partial charge in [0.25, 0.3) is 0 Å². The first-order chi connectivity index (χ1) is 7.63. The van der Waals surface area contributed by atoms with Gasteiger partial charge in [-0.25, -0.2) is 0 Å². The van der Waals surface area contributed by atoms with Gasteiger partial charge in [0.2, 0.25) is 0 Å². The average Bonchev–Trinajstić information content (AvgIpc) is 2.31. The van der Waals surface area contributed by atoms with Crippen molar-refractivity contribution in [3.63, 3.8) is 0 Å². The quantitative estimate of drug-likeness (QED) is 0.798. The second kappa shape index (κ2) is 5.06. The van der Waals surface area contributed by atoms with Crippen molar-refractivity contribution in [1.29, 1.82) is 10.5 Å². The average molecular weight is 235 g/mol.